The van der Waals surface area contributed by atoms with Crippen LogP contribution in [0.5, 0.6) is 5.88 Å². The number of hydrogen-bond acceptors (Lipinski definition) is 10. The van der Waals surface area contributed by atoms with Gasteiger partial charge in [0, 0.05) is 37.5 Å². The van der Waals surface area contributed by atoms with Gasteiger partial charge in [-0.3, -0.25) is 4.79 Å². The number of carbonyl (C=O) groups is 1. The number of benzene rings is 2. The first-order valence-corrected chi connectivity index (χ1v) is 17.6. The number of aromatic nitrogens is 2. The average molecular weight is 676 g/mol. The van der Waals surface area contributed by atoms with E-state index in [1.165, 1.54) is 30.3 Å². The van der Waals surface area contributed by atoms with Crippen molar-refractivity contribution in [1.82, 2.24) is 15.3 Å². The predicted molar refractivity (Wildman–Crippen MR) is 172 cm³/mol. The Morgan fingerprint density at radius 3 is 2.53 bits per heavy atom. The van der Waals surface area contributed by atoms with Gasteiger partial charge in [0.15, 0.2) is 9.84 Å². The molecule has 0 unspecified atom stereocenters. The highest BCUT2D eigenvalue weighted by molar-refractivity contribution is 7.90. The first kappa shape index (κ1) is 34.4. The van der Waals surface area contributed by atoms with Gasteiger partial charge in [-0.1, -0.05) is 43.7 Å². The summed E-state index contributed by atoms with van der Waals surface area (Å²) in [5.74, 6) is -0.485. The molecule has 2 fully saturated rings. The number of rotatable bonds is 10. The standard InChI is InChI=1S/C33H40F3N5O5S/c1-4-7-21-10-11-24(22-8-6-9-23(17-22)47(3,43)44)25(16-21)29(33(34,35)36)46-28-18-27(39-31(37)40-28)41-14-12-32(13-15-41)19-26(38-20-32)30(42)45-5-2/h6,8-11,16-18,26,29,38H,4-5,7,12-15,19-20H2,1-3H3,(H2,37,39,40)/t26-,29+/m0/s1. The van der Waals surface area contributed by atoms with Crippen molar-refractivity contribution in [2.45, 2.75) is 69.2 Å². The molecule has 2 aromatic carbocycles. The summed E-state index contributed by atoms with van der Waals surface area (Å²) in [7, 11) is -3.61. The zero-order valence-corrected chi connectivity index (χ0v) is 27.5. The molecule has 2 atom stereocenters. The molecule has 3 aromatic rings. The number of aryl methyl sites for hydroxylation is 1. The van der Waals surface area contributed by atoms with Gasteiger partial charge < -0.3 is 25.4 Å². The predicted octanol–water partition coefficient (Wildman–Crippen LogP) is 5.28. The molecule has 0 radical (unpaired) electrons. The molecular formula is C33H40F3N5O5S. The Hall–Kier alpha value is -3.91. The Balaban J connectivity index is 1.43. The number of alkyl halides is 3. The van der Waals surface area contributed by atoms with Crippen molar-refractivity contribution in [3.63, 3.8) is 0 Å². The third kappa shape index (κ3) is 7.98. The first-order valence-electron chi connectivity index (χ1n) is 15.7. The van der Waals surface area contributed by atoms with Crippen molar-refractivity contribution in [3.8, 4) is 17.0 Å². The van der Waals surface area contributed by atoms with Crippen LogP contribution in [0.15, 0.2) is 53.4 Å². The van der Waals surface area contributed by atoms with Crippen LogP contribution < -0.4 is 20.7 Å². The smallest absolute Gasteiger partial charge is 0.429 e. The Bertz CT molecular complexity index is 1710. The lowest BCUT2D eigenvalue weighted by molar-refractivity contribution is -0.198. The van der Waals surface area contributed by atoms with E-state index in [4.69, 9.17) is 15.2 Å². The maximum Gasteiger partial charge on any atom is 0.429 e. The van der Waals surface area contributed by atoms with Crippen molar-refractivity contribution in [3.05, 3.63) is 59.7 Å². The number of nitrogen functional groups attached to an aromatic ring is 1. The molecule has 14 heteroatoms. The fourth-order valence-corrected chi connectivity index (χ4v) is 7.09. The van der Waals surface area contributed by atoms with Crippen molar-refractivity contribution in [1.29, 1.82) is 0 Å². The number of nitrogens with one attached hydrogen (secondary N) is 1. The number of anilines is 2. The maximum absolute atomic E-state index is 14.9. The molecule has 2 saturated heterocycles. The molecule has 1 aromatic heterocycles. The molecule has 5 rings (SSSR count). The number of esters is 1. The average Bonchev–Trinajstić information content (AvgIpc) is 3.43. The summed E-state index contributed by atoms with van der Waals surface area (Å²) >= 11 is 0. The lowest BCUT2D eigenvalue weighted by Crippen LogP contribution is -2.41. The topological polar surface area (TPSA) is 137 Å². The number of piperidine rings is 1. The Kier molecular flexibility index (Phi) is 10.0. The van der Waals surface area contributed by atoms with Gasteiger partial charge in [0.25, 0.3) is 0 Å². The summed E-state index contributed by atoms with van der Waals surface area (Å²) in [5.41, 5.74) is 6.91. The van der Waals surface area contributed by atoms with E-state index >= 15 is 0 Å². The lowest BCUT2D eigenvalue weighted by Gasteiger charge is -2.39. The number of nitrogens with zero attached hydrogens (tertiary/aromatic N) is 3. The monoisotopic (exact) mass is 675 g/mol. The molecule has 0 amide bonds. The molecule has 0 bridgehead atoms. The maximum atomic E-state index is 14.9. The summed E-state index contributed by atoms with van der Waals surface area (Å²) in [4.78, 5) is 22.5. The van der Waals surface area contributed by atoms with E-state index in [0.717, 1.165) is 19.1 Å². The lowest BCUT2D eigenvalue weighted by atomic mass is 9.76. The highest BCUT2D eigenvalue weighted by Gasteiger charge is 2.46. The third-order valence-corrected chi connectivity index (χ3v) is 9.94. The number of ether oxygens (including phenoxy) is 2. The minimum atomic E-state index is -4.86. The van der Waals surface area contributed by atoms with Crippen LogP contribution in [0.4, 0.5) is 24.9 Å². The summed E-state index contributed by atoms with van der Waals surface area (Å²) < 4.78 is 80.0. The van der Waals surface area contributed by atoms with Gasteiger partial charge in [-0.2, -0.15) is 23.1 Å². The molecule has 2 aliphatic rings. The fourth-order valence-electron chi connectivity index (χ4n) is 6.43. The van der Waals surface area contributed by atoms with Gasteiger partial charge in [-0.05, 0) is 66.8 Å². The van der Waals surface area contributed by atoms with Gasteiger partial charge in [0.1, 0.15) is 11.9 Å². The summed E-state index contributed by atoms with van der Waals surface area (Å²) in [6, 6.07) is 11.6. The van der Waals surface area contributed by atoms with Gasteiger partial charge in [0.05, 0.1) is 11.5 Å². The molecule has 47 heavy (non-hydrogen) atoms. The zero-order valence-electron chi connectivity index (χ0n) is 26.6. The molecular weight excluding hydrogens is 635 g/mol. The fraction of sp³-hybridized carbons (Fsp3) is 0.485. The molecule has 2 aliphatic heterocycles. The van der Waals surface area contributed by atoms with E-state index in [-0.39, 0.29) is 45.3 Å². The van der Waals surface area contributed by atoms with E-state index in [1.807, 2.05) is 11.8 Å². The van der Waals surface area contributed by atoms with Crippen LogP contribution in [0.1, 0.15) is 56.8 Å². The molecule has 254 valence electrons. The Morgan fingerprint density at radius 2 is 1.87 bits per heavy atom. The largest absolute Gasteiger partial charge is 0.465 e. The summed E-state index contributed by atoms with van der Waals surface area (Å²) in [6.07, 6.45) is -2.88. The first-order chi connectivity index (χ1) is 22.2. The van der Waals surface area contributed by atoms with E-state index in [9.17, 15) is 26.4 Å². The molecule has 0 aliphatic carbocycles. The van der Waals surface area contributed by atoms with Crippen LogP contribution >= 0.6 is 0 Å². The van der Waals surface area contributed by atoms with Crippen LogP contribution in [-0.2, 0) is 25.8 Å². The molecule has 0 saturated carbocycles. The van der Waals surface area contributed by atoms with E-state index < -0.39 is 22.1 Å². The summed E-state index contributed by atoms with van der Waals surface area (Å²) in [6.45, 7) is 5.78. The van der Waals surface area contributed by atoms with Crippen LogP contribution in [0.25, 0.3) is 11.1 Å². The number of carbonyl (C=O) groups excluding carboxylic acids is 1. The van der Waals surface area contributed by atoms with Crippen LogP contribution in [-0.4, -0.2) is 69.1 Å². The zero-order chi connectivity index (χ0) is 34.0. The van der Waals surface area contributed by atoms with Crippen LogP contribution in [0, 0.1) is 5.41 Å². The second-order valence-electron chi connectivity index (χ2n) is 12.3. The number of halogens is 3. The van der Waals surface area contributed by atoms with Gasteiger partial charge in [0.2, 0.25) is 17.9 Å². The van der Waals surface area contributed by atoms with E-state index in [1.54, 1.807) is 25.1 Å². The van der Waals surface area contributed by atoms with E-state index in [0.29, 0.717) is 62.4 Å². The Morgan fingerprint density at radius 1 is 1.13 bits per heavy atom. The second-order valence-corrected chi connectivity index (χ2v) is 14.3. The van der Waals surface area contributed by atoms with Gasteiger partial charge in [-0.25, -0.2) is 8.42 Å². The van der Waals surface area contributed by atoms with Crippen LogP contribution in [0.3, 0.4) is 0 Å². The molecule has 3 heterocycles. The third-order valence-electron chi connectivity index (χ3n) is 8.83. The highest BCUT2D eigenvalue weighted by Crippen LogP contribution is 2.43. The number of hydrogen-bond donors (Lipinski definition) is 2. The Labute approximate surface area is 272 Å². The quantitative estimate of drug-likeness (QED) is 0.273. The van der Waals surface area contributed by atoms with Gasteiger partial charge >= 0.3 is 12.1 Å². The molecule has 1 spiro atoms. The van der Waals surface area contributed by atoms with Crippen molar-refractivity contribution in [2.24, 2.45) is 5.41 Å². The number of nitrogens with two attached hydrogens (primary N) is 1. The van der Waals surface area contributed by atoms with Crippen molar-refractivity contribution in [2.75, 3.05) is 43.1 Å². The van der Waals surface area contributed by atoms with Gasteiger partial charge in [-0.15, -0.1) is 0 Å². The minimum absolute atomic E-state index is 0.00983. The molecule has 10 nitrogen and oxygen atoms in total. The normalized spacial score (nSPS) is 18.7. The summed E-state index contributed by atoms with van der Waals surface area (Å²) in [5, 5.41) is 3.27. The molecule has 3 N–H and O–H groups in total. The van der Waals surface area contributed by atoms with E-state index in [2.05, 4.69) is 15.3 Å². The van der Waals surface area contributed by atoms with Crippen LogP contribution in [0.2, 0.25) is 0 Å². The minimum Gasteiger partial charge on any atom is -0.465 e. The van der Waals surface area contributed by atoms with Crippen molar-refractivity contribution < 1.29 is 35.9 Å². The number of sulfone groups is 1. The highest BCUT2D eigenvalue weighted by atomic mass is 32.2. The van der Waals surface area contributed by atoms with Crippen molar-refractivity contribution >= 4 is 27.6 Å². The SMILES string of the molecule is CCCc1ccc(-c2cccc(S(C)(=O)=O)c2)c([C@@H](Oc2cc(N3CCC4(CC3)CN[C@H](C(=O)OCC)C4)nc(N)n2)C(F)(F)F)c1. The second kappa shape index (κ2) is 13.7.